The number of carbonyl (C=O) groups excluding carboxylic acids is 1. The Balaban J connectivity index is 2.06. The molecule has 0 saturated heterocycles. The summed E-state index contributed by atoms with van der Waals surface area (Å²) in [6.07, 6.45) is 0.880. The van der Waals surface area contributed by atoms with E-state index in [1.54, 1.807) is 27.0 Å². The van der Waals surface area contributed by atoms with Gasteiger partial charge in [-0.05, 0) is 38.7 Å². The predicted octanol–water partition coefficient (Wildman–Crippen LogP) is 6.97. The summed E-state index contributed by atoms with van der Waals surface area (Å²) in [4.78, 5) is 20.8. The summed E-state index contributed by atoms with van der Waals surface area (Å²) in [7, 11) is 1.33. The topological polar surface area (TPSA) is 123 Å². The molecule has 0 saturated carbocycles. The summed E-state index contributed by atoms with van der Waals surface area (Å²) >= 11 is 8.61. The first kappa shape index (κ1) is 26.7. The van der Waals surface area contributed by atoms with E-state index in [9.17, 15) is 14.4 Å². The third-order valence-corrected chi connectivity index (χ3v) is 7.18. The molecule has 0 aliphatic heterocycles. The molecule has 4 aromatic rings. The van der Waals surface area contributed by atoms with Gasteiger partial charge in [0, 0.05) is 10.9 Å². The number of fused-ring (bicyclic) bond motifs is 2. The number of carbonyl (C=O) groups is 1. The molecule has 2 aromatic carbocycles. The van der Waals surface area contributed by atoms with Gasteiger partial charge in [-0.1, -0.05) is 29.4 Å². The Kier molecular flexibility index (Phi) is 7.07. The van der Waals surface area contributed by atoms with Gasteiger partial charge in [-0.3, -0.25) is 5.32 Å². The number of methoxy groups -OCH3 is 1. The van der Waals surface area contributed by atoms with Crippen molar-refractivity contribution < 1.29 is 23.0 Å². The SMILES string of the molecule is COc1c(Cl)c(-c2ccc(F)c3sc(NC(=O)OC(C)(C)C)c(C#N)c23)c(F)c2nc(SC)nc(N)c12. The third-order valence-electron chi connectivity index (χ3n) is 5.16. The zero-order chi connectivity index (χ0) is 27.2. The number of hydrogen-bond donors (Lipinski definition) is 2. The highest BCUT2D eigenvalue weighted by molar-refractivity contribution is 7.98. The van der Waals surface area contributed by atoms with Gasteiger partial charge in [-0.25, -0.2) is 23.5 Å². The Morgan fingerprint density at radius 1 is 1.27 bits per heavy atom. The number of nitriles is 1. The van der Waals surface area contributed by atoms with Crippen LogP contribution >= 0.6 is 34.7 Å². The number of ether oxygens (including phenoxy) is 2. The third kappa shape index (κ3) is 4.70. The molecule has 0 bridgehead atoms. The second-order valence-electron chi connectivity index (χ2n) is 8.70. The Morgan fingerprint density at radius 2 is 1.97 bits per heavy atom. The summed E-state index contributed by atoms with van der Waals surface area (Å²) in [6, 6.07) is 4.41. The normalized spacial score (nSPS) is 11.5. The van der Waals surface area contributed by atoms with E-state index in [0.717, 1.165) is 29.2 Å². The standard InChI is InChI=1S/C24H20ClF2N5O3S2/c1-24(2,3)35-23(33)32-21-10(8-28)12-9(6-7-11(26)19(12)37-21)13-15(25)18(34-4)14-17(16(13)27)30-22(36-5)31-20(14)29/h6-7H,1-5H3,(H,32,33)(H2,29,30,31). The molecular weight excluding hydrogens is 544 g/mol. The van der Waals surface area contributed by atoms with Gasteiger partial charge >= 0.3 is 6.09 Å². The molecule has 8 nitrogen and oxygen atoms in total. The van der Waals surface area contributed by atoms with Crippen molar-refractivity contribution in [3.8, 4) is 22.9 Å². The van der Waals surface area contributed by atoms with E-state index < -0.39 is 23.3 Å². The summed E-state index contributed by atoms with van der Waals surface area (Å²) in [5.41, 5.74) is 4.98. The van der Waals surface area contributed by atoms with Crippen LogP contribution in [0.25, 0.3) is 32.1 Å². The Labute approximate surface area is 223 Å². The highest BCUT2D eigenvalue weighted by atomic mass is 35.5. The molecule has 0 aliphatic carbocycles. The highest BCUT2D eigenvalue weighted by Gasteiger charge is 2.29. The van der Waals surface area contributed by atoms with Gasteiger partial charge in [0.1, 0.15) is 33.8 Å². The minimum atomic E-state index is -0.852. The molecule has 1 amide bonds. The Bertz CT molecular complexity index is 1630. The van der Waals surface area contributed by atoms with Crippen LogP contribution < -0.4 is 15.8 Å². The van der Waals surface area contributed by atoms with Crippen molar-refractivity contribution in [1.29, 1.82) is 5.26 Å². The van der Waals surface area contributed by atoms with Gasteiger partial charge in [-0.2, -0.15) is 5.26 Å². The minimum Gasteiger partial charge on any atom is -0.494 e. The number of thioether (sulfide) groups is 1. The molecule has 13 heteroatoms. The fraction of sp³-hybridized carbons (Fsp3) is 0.250. The van der Waals surface area contributed by atoms with Crippen LogP contribution in [-0.4, -0.2) is 35.0 Å². The second-order valence-corrected chi connectivity index (χ2v) is 10.9. The molecule has 0 radical (unpaired) electrons. The number of hydrogen-bond acceptors (Lipinski definition) is 9. The number of nitrogen functional groups attached to an aromatic ring is 1. The van der Waals surface area contributed by atoms with Gasteiger partial charge in [0.2, 0.25) is 0 Å². The average Bonchev–Trinajstić information content (AvgIpc) is 3.18. The number of nitrogens with one attached hydrogen (secondary N) is 1. The zero-order valence-electron chi connectivity index (χ0n) is 20.2. The number of halogens is 3. The molecule has 192 valence electrons. The van der Waals surface area contributed by atoms with Crippen molar-refractivity contribution in [2.24, 2.45) is 0 Å². The van der Waals surface area contributed by atoms with Crippen LogP contribution in [0.1, 0.15) is 26.3 Å². The van der Waals surface area contributed by atoms with Crippen molar-refractivity contribution in [3.63, 3.8) is 0 Å². The van der Waals surface area contributed by atoms with Crippen molar-refractivity contribution in [2.75, 3.05) is 24.4 Å². The lowest BCUT2D eigenvalue weighted by atomic mass is 9.96. The monoisotopic (exact) mass is 563 g/mol. The van der Waals surface area contributed by atoms with Gasteiger partial charge in [0.05, 0.1) is 27.8 Å². The first-order valence-corrected chi connectivity index (χ1v) is 13.0. The number of amides is 1. The maximum absolute atomic E-state index is 16.1. The smallest absolute Gasteiger partial charge is 0.412 e. The maximum atomic E-state index is 16.1. The van der Waals surface area contributed by atoms with Crippen molar-refractivity contribution in [2.45, 2.75) is 31.5 Å². The van der Waals surface area contributed by atoms with E-state index in [1.807, 2.05) is 6.07 Å². The molecule has 37 heavy (non-hydrogen) atoms. The number of nitrogens with zero attached hydrogens (tertiary/aromatic N) is 3. The molecule has 0 unspecified atom stereocenters. The van der Waals surface area contributed by atoms with Crippen LogP contribution in [0.2, 0.25) is 5.02 Å². The Morgan fingerprint density at radius 3 is 2.57 bits per heavy atom. The first-order valence-electron chi connectivity index (χ1n) is 10.6. The molecule has 3 N–H and O–H groups in total. The van der Waals surface area contributed by atoms with Gasteiger partial charge in [0.25, 0.3) is 0 Å². The molecule has 0 atom stereocenters. The molecule has 0 spiro atoms. The molecule has 0 fully saturated rings. The maximum Gasteiger partial charge on any atom is 0.412 e. The first-order chi connectivity index (χ1) is 17.4. The van der Waals surface area contributed by atoms with E-state index in [2.05, 4.69) is 15.3 Å². The number of rotatable bonds is 4. The van der Waals surface area contributed by atoms with Crippen LogP contribution in [-0.2, 0) is 4.74 Å². The largest absolute Gasteiger partial charge is 0.494 e. The average molecular weight is 564 g/mol. The lowest BCUT2D eigenvalue weighted by molar-refractivity contribution is 0.0636. The fourth-order valence-electron chi connectivity index (χ4n) is 3.77. The van der Waals surface area contributed by atoms with Gasteiger partial charge in [-0.15, -0.1) is 11.3 Å². The van der Waals surface area contributed by atoms with E-state index in [0.29, 0.717) is 0 Å². The second kappa shape index (κ2) is 9.81. The summed E-state index contributed by atoms with van der Waals surface area (Å²) in [6.45, 7) is 5.03. The number of thiophene rings is 1. The number of anilines is 2. The summed E-state index contributed by atoms with van der Waals surface area (Å²) < 4.78 is 41.8. The van der Waals surface area contributed by atoms with Crippen LogP contribution in [0.3, 0.4) is 0 Å². The molecular formula is C24H20ClF2N5O3S2. The van der Waals surface area contributed by atoms with Crippen LogP contribution in [0, 0.1) is 23.0 Å². The fourth-order valence-corrected chi connectivity index (χ4v) is 5.56. The van der Waals surface area contributed by atoms with Crippen LogP contribution in [0.15, 0.2) is 17.3 Å². The molecule has 2 heterocycles. The van der Waals surface area contributed by atoms with Crippen LogP contribution in [0.5, 0.6) is 5.75 Å². The van der Waals surface area contributed by atoms with Gasteiger partial charge < -0.3 is 15.2 Å². The van der Waals surface area contributed by atoms with Gasteiger partial charge in [0.15, 0.2) is 16.7 Å². The lowest BCUT2D eigenvalue weighted by Crippen LogP contribution is -2.27. The Hall–Kier alpha value is -3.40. The number of nitrogens with two attached hydrogens (primary N) is 1. The van der Waals surface area contributed by atoms with Crippen molar-refractivity contribution in [1.82, 2.24) is 9.97 Å². The van der Waals surface area contributed by atoms with Crippen LogP contribution in [0.4, 0.5) is 24.4 Å². The van der Waals surface area contributed by atoms with E-state index in [1.165, 1.54) is 13.2 Å². The summed E-state index contributed by atoms with van der Waals surface area (Å²) in [5, 5.41) is 12.7. The molecule has 2 aromatic heterocycles. The van der Waals surface area contributed by atoms with E-state index >= 15 is 4.39 Å². The zero-order valence-corrected chi connectivity index (χ0v) is 22.6. The highest BCUT2D eigenvalue weighted by Crippen LogP contribution is 2.49. The van der Waals surface area contributed by atoms with E-state index in [-0.39, 0.29) is 64.4 Å². The lowest BCUT2D eigenvalue weighted by Gasteiger charge is -2.19. The van der Waals surface area contributed by atoms with Crippen molar-refractivity contribution in [3.05, 3.63) is 34.4 Å². The molecule has 4 rings (SSSR count). The molecule has 0 aliphatic rings. The number of benzene rings is 2. The van der Waals surface area contributed by atoms with Crippen molar-refractivity contribution >= 4 is 72.6 Å². The quantitative estimate of drug-likeness (QED) is 0.201. The number of aromatic nitrogens is 2. The summed E-state index contributed by atoms with van der Waals surface area (Å²) in [5.74, 6) is -1.52. The minimum absolute atomic E-state index is 0.0154. The predicted molar refractivity (Wildman–Crippen MR) is 143 cm³/mol. The van der Waals surface area contributed by atoms with E-state index in [4.69, 9.17) is 26.8 Å².